The summed E-state index contributed by atoms with van der Waals surface area (Å²) in [6.07, 6.45) is 4.72. The highest BCUT2D eigenvalue weighted by Gasteiger charge is 2.26. The molecule has 0 unspecified atom stereocenters. The molecule has 132 valence electrons. The van der Waals surface area contributed by atoms with Crippen molar-refractivity contribution in [2.24, 2.45) is 0 Å². The lowest BCUT2D eigenvalue weighted by atomic mass is 10.0. The summed E-state index contributed by atoms with van der Waals surface area (Å²) < 4.78 is 5.38. The molecule has 1 fully saturated rings. The van der Waals surface area contributed by atoms with Crippen LogP contribution >= 0.6 is 0 Å². The van der Waals surface area contributed by atoms with Crippen LogP contribution in [0.2, 0.25) is 0 Å². The number of aryl methyl sites for hydroxylation is 1. The lowest BCUT2D eigenvalue weighted by Gasteiger charge is -2.23. The van der Waals surface area contributed by atoms with Crippen molar-refractivity contribution in [1.82, 2.24) is 5.32 Å². The highest BCUT2D eigenvalue weighted by molar-refractivity contribution is 5.96. The van der Waals surface area contributed by atoms with Crippen LogP contribution in [0.25, 0.3) is 0 Å². The van der Waals surface area contributed by atoms with Crippen molar-refractivity contribution in [3.8, 4) is 5.75 Å². The molecule has 0 saturated heterocycles. The highest BCUT2D eigenvalue weighted by atomic mass is 16.5. The number of benzene rings is 2. The number of ether oxygens (including phenoxy) is 1. The Labute approximate surface area is 149 Å². The van der Waals surface area contributed by atoms with E-state index in [1.807, 2.05) is 55.5 Å². The van der Waals surface area contributed by atoms with Crippen LogP contribution in [-0.4, -0.2) is 19.1 Å². The molecule has 2 aromatic rings. The van der Waals surface area contributed by atoms with Crippen molar-refractivity contribution in [2.45, 2.75) is 44.7 Å². The van der Waals surface area contributed by atoms with Gasteiger partial charge in [-0.2, -0.15) is 0 Å². The fourth-order valence-corrected chi connectivity index (χ4v) is 3.42. The van der Waals surface area contributed by atoms with Gasteiger partial charge in [0.2, 0.25) is 5.91 Å². The zero-order valence-electron chi connectivity index (χ0n) is 14.9. The van der Waals surface area contributed by atoms with E-state index in [4.69, 9.17) is 4.74 Å². The van der Waals surface area contributed by atoms with E-state index in [9.17, 15) is 4.79 Å². The number of hydrogen-bond acceptors (Lipinski definition) is 3. The van der Waals surface area contributed by atoms with E-state index in [0.29, 0.717) is 17.5 Å². The molecule has 1 atom stereocenters. The van der Waals surface area contributed by atoms with Gasteiger partial charge in [-0.1, -0.05) is 49.2 Å². The number of amides is 1. The first-order chi connectivity index (χ1) is 12.2. The summed E-state index contributed by atoms with van der Waals surface area (Å²) in [7, 11) is 1.62. The highest BCUT2D eigenvalue weighted by Crippen LogP contribution is 2.28. The van der Waals surface area contributed by atoms with Crippen LogP contribution in [0.3, 0.4) is 0 Å². The molecule has 0 spiro atoms. The van der Waals surface area contributed by atoms with Gasteiger partial charge in [0, 0.05) is 6.04 Å². The summed E-state index contributed by atoms with van der Waals surface area (Å²) in [5.41, 5.74) is 2.77. The van der Waals surface area contributed by atoms with Gasteiger partial charge in [0.1, 0.15) is 11.8 Å². The van der Waals surface area contributed by atoms with Crippen LogP contribution in [0.5, 0.6) is 5.75 Å². The van der Waals surface area contributed by atoms with E-state index in [2.05, 4.69) is 10.6 Å². The summed E-state index contributed by atoms with van der Waals surface area (Å²) >= 11 is 0. The number of carbonyl (C=O) groups is 1. The van der Waals surface area contributed by atoms with Gasteiger partial charge in [0.25, 0.3) is 0 Å². The third-order valence-electron chi connectivity index (χ3n) is 4.77. The van der Waals surface area contributed by atoms with Gasteiger partial charge >= 0.3 is 0 Å². The SMILES string of the molecule is COc1ccc(C)cc1NC(=O)[C@@H](NC1CCCC1)c1ccccc1. The van der Waals surface area contributed by atoms with Crippen LogP contribution in [-0.2, 0) is 4.79 Å². The molecule has 0 heterocycles. The molecule has 1 saturated carbocycles. The number of hydrogen-bond donors (Lipinski definition) is 2. The Morgan fingerprint density at radius 1 is 1.12 bits per heavy atom. The Morgan fingerprint density at radius 3 is 2.52 bits per heavy atom. The van der Waals surface area contributed by atoms with Crippen LogP contribution in [0.4, 0.5) is 5.69 Å². The average molecular weight is 338 g/mol. The molecule has 0 aromatic heterocycles. The molecule has 4 heteroatoms. The van der Waals surface area contributed by atoms with E-state index in [0.717, 1.165) is 24.0 Å². The summed E-state index contributed by atoms with van der Waals surface area (Å²) in [6.45, 7) is 2.00. The van der Waals surface area contributed by atoms with E-state index < -0.39 is 0 Å². The molecule has 0 radical (unpaired) electrons. The first kappa shape index (κ1) is 17.5. The van der Waals surface area contributed by atoms with Crippen LogP contribution < -0.4 is 15.4 Å². The third kappa shape index (κ3) is 4.40. The Morgan fingerprint density at radius 2 is 1.84 bits per heavy atom. The van der Waals surface area contributed by atoms with Crippen molar-refractivity contribution in [3.05, 3.63) is 59.7 Å². The van der Waals surface area contributed by atoms with Gasteiger partial charge < -0.3 is 10.1 Å². The minimum absolute atomic E-state index is 0.0537. The van der Waals surface area contributed by atoms with Crippen molar-refractivity contribution in [3.63, 3.8) is 0 Å². The zero-order chi connectivity index (χ0) is 17.6. The van der Waals surface area contributed by atoms with Gasteiger partial charge in [-0.05, 0) is 43.0 Å². The second-order valence-electron chi connectivity index (χ2n) is 6.68. The van der Waals surface area contributed by atoms with Gasteiger partial charge in [0.15, 0.2) is 0 Å². The third-order valence-corrected chi connectivity index (χ3v) is 4.77. The summed E-state index contributed by atoms with van der Waals surface area (Å²) in [5.74, 6) is 0.619. The molecule has 3 rings (SSSR count). The molecular weight excluding hydrogens is 312 g/mol. The molecule has 2 N–H and O–H groups in total. The van der Waals surface area contributed by atoms with E-state index in [1.165, 1.54) is 12.8 Å². The average Bonchev–Trinajstić information content (AvgIpc) is 3.14. The first-order valence-electron chi connectivity index (χ1n) is 8.94. The molecule has 25 heavy (non-hydrogen) atoms. The minimum Gasteiger partial charge on any atom is -0.495 e. The monoisotopic (exact) mass is 338 g/mol. The second-order valence-corrected chi connectivity index (χ2v) is 6.68. The van der Waals surface area contributed by atoms with E-state index in [-0.39, 0.29) is 11.9 Å². The quantitative estimate of drug-likeness (QED) is 0.829. The maximum Gasteiger partial charge on any atom is 0.246 e. The zero-order valence-corrected chi connectivity index (χ0v) is 14.9. The molecule has 1 aliphatic carbocycles. The normalized spacial score (nSPS) is 15.8. The van der Waals surface area contributed by atoms with Crippen LogP contribution in [0.15, 0.2) is 48.5 Å². The van der Waals surface area contributed by atoms with Gasteiger partial charge in [-0.3, -0.25) is 10.1 Å². The Bertz CT molecular complexity index is 709. The van der Waals surface area contributed by atoms with Crippen LogP contribution in [0, 0.1) is 6.92 Å². The summed E-state index contributed by atoms with van der Waals surface area (Å²) in [4.78, 5) is 13.1. The Kier molecular flexibility index (Phi) is 5.71. The molecule has 0 aliphatic heterocycles. The largest absolute Gasteiger partial charge is 0.495 e. The van der Waals surface area contributed by atoms with E-state index >= 15 is 0 Å². The Balaban J connectivity index is 1.82. The predicted octanol–water partition coefficient (Wildman–Crippen LogP) is 4.22. The number of methoxy groups -OCH3 is 1. The lowest BCUT2D eigenvalue weighted by Crippen LogP contribution is -2.38. The van der Waals surface area contributed by atoms with E-state index in [1.54, 1.807) is 7.11 Å². The Hall–Kier alpha value is -2.33. The molecule has 4 nitrogen and oxygen atoms in total. The number of rotatable bonds is 6. The van der Waals surface area contributed by atoms with Crippen molar-refractivity contribution in [2.75, 3.05) is 12.4 Å². The molecule has 1 aliphatic rings. The number of nitrogens with one attached hydrogen (secondary N) is 2. The summed E-state index contributed by atoms with van der Waals surface area (Å²) in [5, 5.41) is 6.60. The summed E-state index contributed by atoms with van der Waals surface area (Å²) in [6, 6.07) is 15.7. The fourth-order valence-electron chi connectivity index (χ4n) is 3.42. The van der Waals surface area contributed by atoms with Gasteiger partial charge in [-0.15, -0.1) is 0 Å². The maximum absolute atomic E-state index is 13.1. The fraction of sp³-hybridized carbons (Fsp3) is 0.381. The van der Waals surface area contributed by atoms with Crippen molar-refractivity contribution < 1.29 is 9.53 Å². The number of anilines is 1. The molecule has 0 bridgehead atoms. The topological polar surface area (TPSA) is 50.4 Å². The molecule has 1 amide bonds. The van der Waals surface area contributed by atoms with Crippen molar-refractivity contribution >= 4 is 11.6 Å². The molecule has 2 aromatic carbocycles. The van der Waals surface area contributed by atoms with Crippen LogP contribution in [0.1, 0.15) is 42.9 Å². The molecular formula is C21H26N2O2. The van der Waals surface area contributed by atoms with Crippen molar-refractivity contribution in [1.29, 1.82) is 0 Å². The maximum atomic E-state index is 13.1. The standard InChI is InChI=1S/C21H26N2O2/c1-15-12-13-19(25-2)18(14-15)23-21(24)20(16-8-4-3-5-9-16)22-17-10-6-7-11-17/h3-5,8-9,12-14,17,20,22H,6-7,10-11H2,1-2H3,(H,23,24)/t20-/m0/s1. The lowest BCUT2D eigenvalue weighted by molar-refractivity contribution is -0.118. The second kappa shape index (κ2) is 8.17. The minimum atomic E-state index is -0.366. The van der Waals surface area contributed by atoms with Gasteiger partial charge in [0.05, 0.1) is 12.8 Å². The smallest absolute Gasteiger partial charge is 0.246 e. The number of carbonyl (C=O) groups excluding carboxylic acids is 1. The van der Waals surface area contributed by atoms with Gasteiger partial charge in [-0.25, -0.2) is 0 Å². The first-order valence-corrected chi connectivity index (χ1v) is 8.94. The predicted molar refractivity (Wildman–Crippen MR) is 101 cm³/mol.